The summed E-state index contributed by atoms with van der Waals surface area (Å²) in [4.78, 5) is 45.7. The van der Waals surface area contributed by atoms with Crippen molar-refractivity contribution in [3.8, 4) is 0 Å². The zero-order chi connectivity index (χ0) is 26.2. The highest BCUT2D eigenvalue weighted by atomic mass is 16.5. The summed E-state index contributed by atoms with van der Waals surface area (Å²) in [5, 5.41) is 2.95. The summed E-state index contributed by atoms with van der Waals surface area (Å²) in [6.07, 6.45) is -0.825. The van der Waals surface area contributed by atoms with Crippen LogP contribution in [0.4, 0.5) is 5.69 Å². The van der Waals surface area contributed by atoms with Crippen molar-refractivity contribution in [2.24, 2.45) is 5.41 Å². The van der Waals surface area contributed by atoms with Crippen LogP contribution in [0.3, 0.4) is 0 Å². The summed E-state index contributed by atoms with van der Waals surface area (Å²) >= 11 is 0. The van der Waals surface area contributed by atoms with Gasteiger partial charge < -0.3 is 24.6 Å². The number of nitrogens with one attached hydrogen (secondary N) is 1. The average molecular weight is 501 g/mol. The molecule has 1 aromatic carbocycles. The molecule has 0 bridgehead atoms. The average Bonchev–Trinajstić information content (AvgIpc) is 3.41. The number of carbonyl (C=O) groups excluding carboxylic acids is 3. The summed E-state index contributed by atoms with van der Waals surface area (Å²) in [5.74, 6) is -0.729. The fourth-order valence-corrected chi connectivity index (χ4v) is 5.40. The molecule has 36 heavy (non-hydrogen) atoms. The molecule has 4 rings (SSSR count). The largest absolute Gasteiger partial charge is 0.377 e. The van der Waals surface area contributed by atoms with Gasteiger partial charge in [-0.25, -0.2) is 0 Å². The monoisotopic (exact) mass is 500 g/mol. The molecule has 1 aromatic rings. The van der Waals surface area contributed by atoms with E-state index in [0.717, 1.165) is 31.9 Å². The van der Waals surface area contributed by atoms with Crippen molar-refractivity contribution in [2.45, 2.75) is 65.0 Å². The van der Waals surface area contributed by atoms with Crippen LogP contribution in [0.1, 0.15) is 45.0 Å². The lowest BCUT2D eigenvalue weighted by molar-refractivity contribution is -0.140. The van der Waals surface area contributed by atoms with E-state index in [0.29, 0.717) is 11.6 Å². The first-order chi connectivity index (χ1) is 17.0. The summed E-state index contributed by atoms with van der Waals surface area (Å²) in [5.41, 5.74) is 1.02. The Kier molecular flexibility index (Phi) is 7.73. The number of amides is 2. The number of benzene rings is 1. The van der Waals surface area contributed by atoms with E-state index in [1.807, 2.05) is 45.0 Å². The van der Waals surface area contributed by atoms with E-state index in [1.54, 1.807) is 7.11 Å². The minimum absolute atomic E-state index is 0.0234. The molecule has 0 saturated carbocycles. The van der Waals surface area contributed by atoms with Crippen molar-refractivity contribution in [3.05, 3.63) is 29.8 Å². The second-order valence-electron chi connectivity index (χ2n) is 11.4. The van der Waals surface area contributed by atoms with Gasteiger partial charge in [0.1, 0.15) is 30.9 Å². The maximum atomic E-state index is 13.7. The number of Topliss-reactive ketones (excluding diaryl/α,β-unsaturated/α-hetero) is 1. The Balaban J connectivity index is 1.44. The molecule has 2 amide bonds. The second kappa shape index (κ2) is 10.5. The topological polar surface area (TPSA) is 91.4 Å². The molecule has 1 N–H and O–H groups in total. The Morgan fingerprint density at radius 3 is 2.28 bits per heavy atom. The number of piperazine rings is 1. The van der Waals surface area contributed by atoms with Crippen LogP contribution in [-0.4, -0.2) is 104 Å². The number of ketones is 1. The smallest absolute Gasteiger partial charge is 0.251 e. The molecule has 9 heteroatoms. The first-order valence-corrected chi connectivity index (χ1v) is 12.9. The molecule has 3 saturated heterocycles. The molecule has 3 aliphatic rings. The molecular formula is C27H40N4O5. The molecular weight excluding hydrogens is 460 g/mol. The normalized spacial score (nSPS) is 25.9. The number of ether oxygens (including phenoxy) is 2. The van der Waals surface area contributed by atoms with Crippen molar-refractivity contribution < 1.29 is 23.9 Å². The third-order valence-corrected chi connectivity index (χ3v) is 7.65. The number of hydrogen-bond donors (Lipinski definition) is 1. The number of carbonyl (C=O) groups is 3. The van der Waals surface area contributed by atoms with Crippen molar-refractivity contribution >= 4 is 23.3 Å². The molecule has 0 aliphatic carbocycles. The Hall–Kier alpha value is -2.49. The number of fused-ring (bicyclic) bond motifs is 1. The zero-order valence-corrected chi connectivity index (χ0v) is 22.3. The van der Waals surface area contributed by atoms with Gasteiger partial charge in [0.05, 0.1) is 6.54 Å². The van der Waals surface area contributed by atoms with Gasteiger partial charge in [-0.15, -0.1) is 0 Å². The van der Waals surface area contributed by atoms with Crippen molar-refractivity contribution in [1.82, 2.24) is 15.1 Å². The number of rotatable bonds is 6. The van der Waals surface area contributed by atoms with Crippen LogP contribution in [0.15, 0.2) is 24.3 Å². The van der Waals surface area contributed by atoms with Crippen molar-refractivity contribution in [2.75, 3.05) is 51.3 Å². The van der Waals surface area contributed by atoms with E-state index in [9.17, 15) is 14.4 Å². The summed E-state index contributed by atoms with van der Waals surface area (Å²) in [7, 11) is 1.55. The third-order valence-electron chi connectivity index (χ3n) is 7.65. The molecule has 3 fully saturated rings. The molecule has 0 aromatic heterocycles. The molecule has 0 spiro atoms. The van der Waals surface area contributed by atoms with Gasteiger partial charge in [-0.2, -0.15) is 0 Å². The molecule has 0 unspecified atom stereocenters. The Bertz CT molecular complexity index is 965. The SMILES string of the molecule is CO[C@@H]1CN(C(=O)[C@@H](NC(=O)c2ccc(N3CCN(C(C)C)CC3)cc2)C(C)(C)C)[C@@H]2C(=O)CO[C@@H]21. The van der Waals surface area contributed by atoms with Gasteiger partial charge in [0, 0.05) is 50.6 Å². The number of methoxy groups -OCH3 is 1. The first kappa shape index (κ1) is 26.6. The lowest BCUT2D eigenvalue weighted by Gasteiger charge is -2.38. The van der Waals surface area contributed by atoms with Crippen LogP contribution >= 0.6 is 0 Å². The van der Waals surface area contributed by atoms with E-state index in [2.05, 4.69) is 29.0 Å². The van der Waals surface area contributed by atoms with Crippen LogP contribution in [0, 0.1) is 5.41 Å². The predicted octanol–water partition coefficient (Wildman–Crippen LogP) is 1.56. The van der Waals surface area contributed by atoms with Gasteiger partial charge in [-0.1, -0.05) is 20.8 Å². The first-order valence-electron chi connectivity index (χ1n) is 12.9. The van der Waals surface area contributed by atoms with Crippen LogP contribution < -0.4 is 10.2 Å². The maximum absolute atomic E-state index is 13.7. The van der Waals surface area contributed by atoms with E-state index in [-0.39, 0.29) is 36.9 Å². The highest BCUT2D eigenvalue weighted by Gasteiger charge is 2.54. The van der Waals surface area contributed by atoms with Crippen LogP contribution in [0.5, 0.6) is 0 Å². The lowest BCUT2D eigenvalue weighted by Crippen LogP contribution is -2.57. The van der Waals surface area contributed by atoms with E-state index in [1.165, 1.54) is 4.90 Å². The molecule has 198 valence electrons. The van der Waals surface area contributed by atoms with E-state index in [4.69, 9.17) is 9.47 Å². The fourth-order valence-electron chi connectivity index (χ4n) is 5.40. The highest BCUT2D eigenvalue weighted by molar-refractivity contribution is 5.99. The Morgan fingerprint density at radius 1 is 1.08 bits per heavy atom. The molecule has 0 radical (unpaired) electrons. The van der Waals surface area contributed by atoms with Gasteiger partial charge in [0.2, 0.25) is 5.91 Å². The molecule has 4 atom stereocenters. The summed E-state index contributed by atoms with van der Waals surface area (Å²) < 4.78 is 11.1. The van der Waals surface area contributed by atoms with Crippen molar-refractivity contribution in [1.29, 1.82) is 0 Å². The Morgan fingerprint density at radius 2 is 1.72 bits per heavy atom. The standard InChI is InChI=1S/C27H40N4O5/c1-17(2)29-11-13-30(14-12-29)19-9-7-18(8-10-19)25(33)28-24(27(3,4)5)26(34)31-15-21(35-6)23-22(31)20(32)16-36-23/h7-10,17,21-24H,11-16H2,1-6H3,(H,28,33)/t21-,22-,23-,24-/m1/s1. The molecule has 3 heterocycles. The van der Waals surface area contributed by atoms with Gasteiger partial charge in [0.25, 0.3) is 5.91 Å². The van der Waals surface area contributed by atoms with Gasteiger partial charge >= 0.3 is 0 Å². The summed E-state index contributed by atoms with van der Waals surface area (Å²) in [6, 6.07) is 6.63. The van der Waals surface area contributed by atoms with Gasteiger partial charge in [-0.05, 0) is 43.5 Å². The highest BCUT2D eigenvalue weighted by Crippen LogP contribution is 2.32. The second-order valence-corrected chi connectivity index (χ2v) is 11.4. The lowest BCUT2D eigenvalue weighted by atomic mass is 9.85. The fraction of sp³-hybridized carbons (Fsp3) is 0.667. The van der Waals surface area contributed by atoms with Crippen molar-refractivity contribution in [3.63, 3.8) is 0 Å². The van der Waals surface area contributed by atoms with Crippen LogP contribution in [-0.2, 0) is 19.1 Å². The van der Waals surface area contributed by atoms with Crippen LogP contribution in [0.2, 0.25) is 0 Å². The number of likely N-dealkylation sites (tertiary alicyclic amines) is 1. The minimum atomic E-state index is -0.807. The number of nitrogens with zero attached hydrogens (tertiary/aromatic N) is 3. The zero-order valence-electron chi connectivity index (χ0n) is 22.3. The van der Waals surface area contributed by atoms with Crippen LogP contribution in [0.25, 0.3) is 0 Å². The number of anilines is 1. The third kappa shape index (κ3) is 5.28. The summed E-state index contributed by atoms with van der Waals surface area (Å²) in [6.45, 7) is 14.3. The minimum Gasteiger partial charge on any atom is -0.377 e. The van der Waals surface area contributed by atoms with Gasteiger partial charge in [-0.3, -0.25) is 19.3 Å². The molecule has 3 aliphatic heterocycles. The predicted molar refractivity (Wildman–Crippen MR) is 137 cm³/mol. The maximum Gasteiger partial charge on any atom is 0.251 e. The number of hydrogen-bond acceptors (Lipinski definition) is 7. The Labute approximate surface area is 214 Å². The van der Waals surface area contributed by atoms with E-state index >= 15 is 0 Å². The van der Waals surface area contributed by atoms with Gasteiger partial charge in [0.15, 0.2) is 5.78 Å². The van der Waals surface area contributed by atoms with E-state index < -0.39 is 23.6 Å². The quantitative estimate of drug-likeness (QED) is 0.634. The molecule has 9 nitrogen and oxygen atoms in total.